The van der Waals surface area contributed by atoms with Crippen LogP contribution in [0.3, 0.4) is 0 Å². The maximum absolute atomic E-state index is 11.0. The van der Waals surface area contributed by atoms with Gasteiger partial charge in [0.05, 0.1) is 5.92 Å². The van der Waals surface area contributed by atoms with Crippen LogP contribution in [0, 0.1) is 12.8 Å². The molecule has 1 aliphatic carbocycles. The van der Waals surface area contributed by atoms with Crippen molar-refractivity contribution in [2.75, 3.05) is 0 Å². The lowest BCUT2D eigenvalue weighted by molar-refractivity contribution is -0.142. The van der Waals surface area contributed by atoms with Gasteiger partial charge in [-0.05, 0) is 60.9 Å². The van der Waals surface area contributed by atoms with Crippen LogP contribution in [-0.2, 0) is 11.3 Å². The zero-order chi connectivity index (χ0) is 16.9. The predicted octanol–water partition coefficient (Wildman–Crippen LogP) is 4.40. The molecule has 0 heterocycles. The molecule has 3 nitrogen and oxygen atoms in total. The first-order chi connectivity index (χ1) is 11.6. The summed E-state index contributed by atoms with van der Waals surface area (Å²) in [5.41, 5.74) is 5.09. The van der Waals surface area contributed by atoms with Crippen molar-refractivity contribution in [1.82, 2.24) is 5.32 Å². The average Bonchev–Trinajstić information content (AvgIpc) is 2.61. The number of carboxylic acid groups (broad SMARTS) is 1. The highest BCUT2D eigenvalue weighted by molar-refractivity contribution is 5.70. The minimum Gasteiger partial charge on any atom is -0.481 e. The summed E-state index contributed by atoms with van der Waals surface area (Å²) < 4.78 is 0. The van der Waals surface area contributed by atoms with E-state index < -0.39 is 5.97 Å². The highest BCUT2D eigenvalue weighted by Crippen LogP contribution is 2.26. The van der Waals surface area contributed by atoms with Gasteiger partial charge < -0.3 is 10.4 Å². The van der Waals surface area contributed by atoms with E-state index in [9.17, 15) is 4.79 Å². The second kappa shape index (κ2) is 7.63. The smallest absolute Gasteiger partial charge is 0.306 e. The topological polar surface area (TPSA) is 49.3 Å². The van der Waals surface area contributed by atoms with E-state index in [4.69, 9.17) is 5.11 Å². The summed E-state index contributed by atoms with van der Waals surface area (Å²) in [6.07, 6.45) is 3.48. The maximum atomic E-state index is 11.0. The molecule has 0 unspecified atom stereocenters. The van der Waals surface area contributed by atoms with Crippen molar-refractivity contribution < 1.29 is 9.90 Å². The molecular formula is C21H25NO2. The molecule has 0 spiro atoms. The molecule has 0 amide bonds. The average molecular weight is 323 g/mol. The second-order valence-corrected chi connectivity index (χ2v) is 6.78. The van der Waals surface area contributed by atoms with Gasteiger partial charge in [0.15, 0.2) is 0 Å². The van der Waals surface area contributed by atoms with Crippen LogP contribution in [-0.4, -0.2) is 17.1 Å². The van der Waals surface area contributed by atoms with E-state index in [0.717, 1.165) is 32.2 Å². The fourth-order valence-corrected chi connectivity index (χ4v) is 3.55. The zero-order valence-electron chi connectivity index (χ0n) is 14.2. The molecule has 0 aliphatic heterocycles. The molecular weight excluding hydrogens is 298 g/mol. The summed E-state index contributed by atoms with van der Waals surface area (Å²) in [6, 6.07) is 17.5. The Balaban J connectivity index is 1.60. The van der Waals surface area contributed by atoms with Gasteiger partial charge in [-0.15, -0.1) is 0 Å². The molecule has 1 aliphatic rings. The molecule has 0 radical (unpaired) electrons. The van der Waals surface area contributed by atoms with Gasteiger partial charge >= 0.3 is 5.97 Å². The Labute approximate surface area is 143 Å². The molecule has 3 rings (SSSR count). The van der Waals surface area contributed by atoms with Crippen LogP contribution in [0.1, 0.15) is 36.8 Å². The van der Waals surface area contributed by atoms with Gasteiger partial charge in [-0.1, -0.05) is 42.5 Å². The third-order valence-corrected chi connectivity index (χ3v) is 5.05. The van der Waals surface area contributed by atoms with Gasteiger partial charge in [-0.3, -0.25) is 4.79 Å². The fraction of sp³-hybridized carbons (Fsp3) is 0.381. The number of aryl methyl sites for hydroxylation is 1. The standard InChI is InChI=1S/C21H25NO2/c1-15-5-2-3-8-20(15)18-7-4-6-16(13-18)14-22-19-11-9-17(10-12-19)21(23)24/h2-8,13,17,19,22H,9-12,14H2,1H3,(H,23,24). The first kappa shape index (κ1) is 16.7. The molecule has 0 bridgehead atoms. The van der Waals surface area contributed by atoms with Gasteiger partial charge in [-0.25, -0.2) is 0 Å². The van der Waals surface area contributed by atoms with E-state index in [1.54, 1.807) is 0 Å². The van der Waals surface area contributed by atoms with Crippen LogP contribution in [0.2, 0.25) is 0 Å². The minimum absolute atomic E-state index is 0.146. The van der Waals surface area contributed by atoms with E-state index in [1.165, 1.54) is 22.3 Å². The third kappa shape index (κ3) is 4.04. The first-order valence-electron chi connectivity index (χ1n) is 8.74. The number of aliphatic carboxylic acids is 1. The first-order valence-corrected chi connectivity index (χ1v) is 8.74. The summed E-state index contributed by atoms with van der Waals surface area (Å²) in [5, 5.41) is 12.7. The Morgan fingerprint density at radius 1 is 1.08 bits per heavy atom. The van der Waals surface area contributed by atoms with E-state index in [0.29, 0.717) is 6.04 Å². The van der Waals surface area contributed by atoms with Crippen LogP contribution in [0.4, 0.5) is 0 Å². The Hall–Kier alpha value is -2.13. The largest absolute Gasteiger partial charge is 0.481 e. The summed E-state index contributed by atoms with van der Waals surface area (Å²) in [6.45, 7) is 2.98. The molecule has 1 fully saturated rings. The zero-order valence-corrected chi connectivity index (χ0v) is 14.2. The molecule has 1 saturated carbocycles. The van der Waals surface area contributed by atoms with Crippen molar-refractivity contribution >= 4 is 5.97 Å². The van der Waals surface area contributed by atoms with Crippen LogP contribution < -0.4 is 5.32 Å². The molecule has 126 valence electrons. The highest BCUT2D eigenvalue weighted by atomic mass is 16.4. The Morgan fingerprint density at radius 3 is 2.54 bits per heavy atom. The molecule has 0 atom stereocenters. The van der Waals surface area contributed by atoms with Crippen LogP contribution >= 0.6 is 0 Å². The number of nitrogens with one attached hydrogen (secondary N) is 1. The number of rotatable bonds is 5. The molecule has 2 aromatic carbocycles. The second-order valence-electron chi connectivity index (χ2n) is 6.78. The van der Waals surface area contributed by atoms with Crippen molar-refractivity contribution in [3.05, 3.63) is 59.7 Å². The SMILES string of the molecule is Cc1ccccc1-c1cccc(CNC2CCC(C(=O)O)CC2)c1. The quantitative estimate of drug-likeness (QED) is 0.857. The van der Waals surface area contributed by atoms with Gasteiger partial charge in [0.25, 0.3) is 0 Å². The van der Waals surface area contributed by atoms with Crippen molar-refractivity contribution in [2.45, 2.75) is 45.2 Å². The van der Waals surface area contributed by atoms with Gasteiger partial charge in [0, 0.05) is 12.6 Å². The van der Waals surface area contributed by atoms with Crippen molar-refractivity contribution in [3.63, 3.8) is 0 Å². The van der Waals surface area contributed by atoms with Gasteiger partial charge in [0.1, 0.15) is 0 Å². The number of carbonyl (C=O) groups is 1. The molecule has 0 saturated heterocycles. The van der Waals surface area contributed by atoms with E-state index >= 15 is 0 Å². The monoisotopic (exact) mass is 323 g/mol. The minimum atomic E-state index is -0.639. The Bertz CT molecular complexity index is 702. The van der Waals surface area contributed by atoms with E-state index in [2.05, 4.69) is 60.8 Å². The summed E-state index contributed by atoms with van der Waals surface area (Å²) in [5.74, 6) is -0.785. The molecule has 2 aromatic rings. The van der Waals surface area contributed by atoms with Crippen molar-refractivity contribution in [1.29, 1.82) is 0 Å². The number of hydrogen-bond acceptors (Lipinski definition) is 2. The Morgan fingerprint density at radius 2 is 1.83 bits per heavy atom. The number of benzene rings is 2. The molecule has 3 heteroatoms. The van der Waals surface area contributed by atoms with E-state index in [-0.39, 0.29) is 5.92 Å². The van der Waals surface area contributed by atoms with Crippen LogP contribution in [0.25, 0.3) is 11.1 Å². The van der Waals surface area contributed by atoms with Crippen molar-refractivity contribution in [2.24, 2.45) is 5.92 Å². The highest BCUT2D eigenvalue weighted by Gasteiger charge is 2.25. The summed E-state index contributed by atoms with van der Waals surface area (Å²) in [4.78, 5) is 11.0. The lowest BCUT2D eigenvalue weighted by Crippen LogP contribution is -2.34. The normalized spacial score (nSPS) is 20.7. The number of carboxylic acids is 1. The predicted molar refractivity (Wildman–Crippen MR) is 96.8 cm³/mol. The van der Waals surface area contributed by atoms with E-state index in [1.807, 2.05) is 0 Å². The van der Waals surface area contributed by atoms with Gasteiger partial charge in [-0.2, -0.15) is 0 Å². The summed E-state index contributed by atoms with van der Waals surface area (Å²) >= 11 is 0. The maximum Gasteiger partial charge on any atom is 0.306 e. The Kier molecular flexibility index (Phi) is 5.31. The molecule has 0 aromatic heterocycles. The summed E-state index contributed by atoms with van der Waals surface area (Å²) in [7, 11) is 0. The molecule has 2 N–H and O–H groups in total. The van der Waals surface area contributed by atoms with Crippen LogP contribution in [0.15, 0.2) is 48.5 Å². The lowest BCUT2D eigenvalue weighted by atomic mass is 9.86. The van der Waals surface area contributed by atoms with Crippen molar-refractivity contribution in [3.8, 4) is 11.1 Å². The number of hydrogen-bond donors (Lipinski definition) is 2. The third-order valence-electron chi connectivity index (χ3n) is 5.05. The van der Waals surface area contributed by atoms with Crippen LogP contribution in [0.5, 0.6) is 0 Å². The van der Waals surface area contributed by atoms with Gasteiger partial charge in [0.2, 0.25) is 0 Å². The molecule has 24 heavy (non-hydrogen) atoms. The fourth-order valence-electron chi connectivity index (χ4n) is 3.55. The lowest BCUT2D eigenvalue weighted by Gasteiger charge is -2.27.